The molecule has 3 rings (SSSR count). The fraction of sp³-hybridized carbons (Fsp3) is 0.261. The summed E-state index contributed by atoms with van der Waals surface area (Å²) in [6, 6.07) is 13.1. The number of amides is 2. The van der Waals surface area contributed by atoms with E-state index in [1.165, 1.54) is 9.58 Å². The molecule has 0 spiro atoms. The summed E-state index contributed by atoms with van der Waals surface area (Å²) in [4.78, 5) is 26.8. The highest BCUT2D eigenvalue weighted by molar-refractivity contribution is 6.33. The lowest BCUT2D eigenvalue weighted by atomic mass is 10.1. The Labute approximate surface area is 191 Å². The number of hydrogen-bond acceptors (Lipinski definition) is 3. The van der Waals surface area contributed by atoms with Gasteiger partial charge in [0.2, 0.25) is 5.91 Å². The summed E-state index contributed by atoms with van der Waals surface area (Å²) < 4.78 is 1.54. The molecule has 0 aliphatic carbocycles. The summed E-state index contributed by atoms with van der Waals surface area (Å²) in [7, 11) is 1.56. The standard InChI is InChI=1S/C23H24Cl2N4O2/c1-14-8-7-11-19(15(14)2)26-20(30)13-28(4)23(31)21-16(3)27-29(22(21)25)12-17-9-5-6-10-18(17)24/h5-11H,12-13H2,1-4H3,(H,26,30). The Bertz CT molecular complexity index is 1140. The molecule has 0 fully saturated rings. The van der Waals surface area contributed by atoms with E-state index in [9.17, 15) is 9.59 Å². The van der Waals surface area contributed by atoms with Gasteiger partial charge in [-0.3, -0.25) is 9.59 Å². The van der Waals surface area contributed by atoms with E-state index in [1.807, 2.05) is 50.2 Å². The molecule has 0 atom stereocenters. The van der Waals surface area contributed by atoms with E-state index in [1.54, 1.807) is 20.0 Å². The first-order chi connectivity index (χ1) is 14.7. The van der Waals surface area contributed by atoms with Crippen LogP contribution in [0, 0.1) is 20.8 Å². The number of nitrogens with one attached hydrogen (secondary N) is 1. The topological polar surface area (TPSA) is 67.2 Å². The summed E-state index contributed by atoms with van der Waals surface area (Å²) in [5.74, 6) is -0.661. The lowest BCUT2D eigenvalue weighted by Gasteiger charge is -2.18. The SMILES string of the molecule is Cc1cccc(NC(=O)CN(C)C(=O)c2c(C)nn(Cc3ccccc3Cl)c2Cl)c1C. The third kappa shape index (κ3) is 5.09. The van der Waals surface area contributed by atoms with E-state index in [2.05, 4.69) is 10.4 Å². The Balaban J connectivity index is 1.73. The zero-order chi connectivity index (χ0) is 22.7. The van der Waals surface area contributed by atoms with Gasteiger partial charge in [0.25, 0.3) is 5.91 Å². The fourth-order valence-electron chi connectivity index (χ4n) is 3.24. The molecule has 2 aromatic carbocycles. The second kappa shape index (κ2) is 9.54. The first kappa shape index (κ1) is 22.8. The number of carbonyl (C=O) groups is 2. The summed E-state index contributed by atoms with van der Waals surface area (Å²) in [6.45, 7) is 5.86. The van der Waals surface area contributed by atoms with Crippen LogP contribution in [0.4, 0.5) is 5.69 Å². The molecule has 3 aromatic rings. The molecule has 0 saturated carbocycles. The molecule has 1 N–H and O–H groups in total. The highest BCUT2D eigenvalue weighted by Gasteiger charge is 2.25. The van der Waals surface area contributed by atoms with Crippen molar-refractivity contribution in [2.75, 3.05) is 18.9 Å². The lowest BCUT2D eigenvalue weighted by Crippen LogP contribution is -2.35. The van der Waals surface area contributed by atoms with Gasteiger partial charge in [-0.25, -0.2) is 4.68 Å². The van der Waals surface area contributed by atoms with Crippen LogP contribution in [0.15, 0.2) is 42.5 Å². The van der Waals surface area contributed by atoms with Gasteiger partial charge in [0.05, 0.1) is 24.3 Å². The van der Waals surface area contributed by atoms with Crippen LogP contribution >= 0.6 is 23.2 Å². The Hall–Kier alpha value is -2.83. The Morgan fingerprint density at radius 3 is 2.48 bits per heavy atom. The minimum atomic E-state index is -0.371. The Morgan fingerprint density at radius 1 is 1.06 bits per heavy atom. The Morgan fingerprint density at radius 2 is 1.77 bits per heavy atom. The van der Waals surface area contributed by atoms with Gasteiger partial charge in [0, 0.05) is 17.8 Å². The van der Waals surface area contributed by atoms with Crippen molar-refractivity contribution in [2.24, 2.45) is 0 Å². The van der Waals surface area contributed by atoms with E-state index in [-0.39, 0.29) is 29.1 Å². The number of aryl methyl sites for hydroxylation is 2. The van der Waals surface area contributed by atoms with Gasteiger partial charge in [-0.05, 0) is 49.6 Å². The van der Waals surface area contributed by atoms with Gasteiger partial charge in [-0.2, -0.15) is 5.10 Å². The number of benzene rings is 2. The van der Waals surface area contributed by atoms with Crippen LogP contribution in [0.25, 0.3) is 0 Å². The molecule has 8 heteroatoms. The van der Waals surface area contributed by atoms with Crippen molar-refractivity contribution in [3.63, 3.8) is 0 Å². The minimum absolute atomic E-state index is 0.113. The maximum Gasteiger partial charge on any atom is 0.259 e. The smallest absolute Gasteiger partial charge is 0.259 e. The maximum atomic E-state index is 13.0. The summed E-state index contributed by atoms with van der Waals surface area (Å²) in [6.07, 6.45) is 0. The average Bonchev–Trinajstić information content (AvgIpc) is 2.99. The average molecular weight is 459 g/mol. The van der Waals surface area contributed by atoms with Crippen molar-refractivity contribution in [1.29, 1.82) is 0 Å². The van der Waals surface area contributed by atoms with Crippen molar-refractivity contribution in [2.45, 2.75) is 27.3 Å². The van der Waals surface area contributed by atoms with Gasteiger partial charge in [0.15, 0.2) is 0 Å². The van der Waals surface area contributed by atoms with Crippen molar-refractivity contribution < 1.29 is 9.59 Å². The maximum absolute atomic E-state index is 13.0. The van der Waals surface area contributed by atoms with Crippen LogP contribution in [0.1, 0.15) is 32.7 Å². The highest BCUT2D eigenvalue weighted by atomic mass is 35.5. The Kier molecular flexibility index (Phi) is 7.03. The van der Waals surface area contributed by atoms with Crippen LogP contribution in [0.5, 0.6) is 0 Å². The zero-order valence-electron chi connectivity index (χ0n) is 17.9. The van der Waals surface area contributed by atoms with E-state index in [0.717, 1.165) is 22.4 Å². The number of nitrogens with zero attached hydrogens (tertiary/aromatic N) is 3. The molecule has 1 aromatic heterocycles. The molecule has 1 heterocycles. The predicted molar refractivity (Wildman–Crippen MR) is 124 cm³/mol. The molecule has 6 nitrogen and oxygen atoms in total. The van der Waals surface area contributed by atoms with E-state index >= 15 is 0 Å². The van der Waals surface area contributed by atoms with Crippen LogP contribution in [-0.4, -0.2) is 40.1 Å². The molecule has 0 bridgehead atoms. The predicted octanol–water partition coefficient (Wildman–Crippen LogP) is 4.87. The summed E-state index contributed by atoms with van der Waals surface area (Å²) >= 11 is 12.7. The van der Waals surface area contributed by atoms with Crippen LogP contribution < -0.4 is 5.32 Å². The number of halogens is 2. The molecule has 0 unspecified atom stereocenters. The highest BCUT2D eigenvalue weighted by Crippen LogP contribution is 2.24. The third-order valence-electron chi connectivity index (χ3n) is 5.16. The zero-order valence-corrected chi connectivity index (χ0v) is 19.4. The molecule has 0 saturated heterocycles. The second-order valence-electron chi connectivity index (χ2n) is 7.46. The second-order valence-corrected chi connectivity index (χ2v) is 8.22. The van der Waals surface area contributed by atoms with Crippen molar-refractivity contribution >= 4 is 40.7 Å². The number of rotatable bonds is 6. The van der Waals surface area contributed by atoms with Crippen molar-refractivity contribution in [1.82, 2.24) is 14.7 Å². The molecular weight excluding hydrogens is 435 g/mol. The largest absolute Gasteiger partial charge is 0.332 e. The molecule has 2 amide bonds. The number of carbonyl (C=O) groups excluding carboxylic acids is 2. The van der Waals surface area contributed by atoms with E-state index in [4.69, 9.17) is 23.2 Å². The number of anilines is 1. The molecule has 0 aliphatic rings. The number of aromatic nitrogens is 2. The number of likely N-dealkylation sites (N-methyl/N-ethyl adjacent to an activating group) is 1. The lowest BCUT2D eigenvalue weighted by molar-refractivity contribution is -0.116. The first-order valence-corrected chi connectivity index (χ1v) is 10.5. The molecule has 31 heavy (non-hydrogen) atoms. The first-order valence-electron chi connectivity index (χ1n) is 9.77. The van der Waals surface area contributed by atoms with E-state index in [0.29, 0.717) is 17.3 Å². The van der Waals surface area contributed by atoms with Crippen molar-refractivity contribution in [3.8, 4) is 0 Å². The molecule has 162 valence electrons. The van der Waals surface area contributed by atoms with Crippen LogP contribution in [-0.2, 0) is 11.3 Å². The van der Waals surface area contributed by atoms with Crippen LogP contribution in [0.3, 0.4) is 0 Å². The number of hydrogen-bond donors (Lipinski definition) is 1. The van der Waals surface area contributed by atoms with Crippen molar-refractivity contribution in [3.05, 3.63) is 80.6 Å². The summed E-state index contributed by atoms with van der Waals surface area (Å²) in [5.41, 5.74) is 4.40. The van der Waals surface area contributed by atoms with Gasteiger partial charge in [0.1, 0.15) is 5.15 Å². The normalized spacial score (nSPS) is 10.8. The minimum Gasteiger partial charge on any atom is -0.332 e. The van der Waals surface area contributed by atoms with Gasteiger partial charge in [-0.1, -0.05) is 53.5 Å². The molecule has 0 aliphatic heterocycles. The van der Waals surface area contributed by atoms with Gasteiger partial charge < -0.3 is 10.2 Å². The summed E-state index contributed by atoms with van der Waals surface area (Å²) in [5, 5.41) is 8.07. The van der Waals surface area contributed by atoms with Gasteiger partial charge >= 0.3 is 0 Å². The van der Waals surface area contributed by atoms with Crippen LogP contribution in [0.2, 0.25) is 10.2 Å². The third-order valence-corrected chi connectivity index (χ3v) is 5.92. The monoisotopic (exact) mass is 458 g/mol. The molecular formula is C23H24Cl2N4O2. The van der Waals surface area contributed by atoms with Gasteiger partial charge in [-0.15, -0.1) is 0 Å². The fourth-order valence-corrected chi connectivity index (χ4v) is 3.75. The van der Waals surface area contributed by atoms with E-state index < -0.39 is 0 Å². The molecule has 0 radical (unpaired) electrons. The quantitative estimate of drug-likeness (QED) is 0.572.